The van der Waals surface area contributed by atoms with Crippen molar-refractivity contribution >= 4 is 44.1 Å². The molecule has 0 saturated heterocycles. The number of benzene rings is 2. The number of anilines is 2. The number of hydrogen-bond acceptors (Lipinski definition) is 7. The third kappa shape index (κ3) is 5.73. The number of nitrogens with one attached hydrogen (secondary N) is 2. The second-order valence-electron chi connectivity index (χ2n) is 8.15. The minimum absolute atomic E-state index is 0.0340. The number of rotatable bonds is 9. The summed E-state index contributed by atoms with van der Waals surface area (Å²) in [6.45, 7) is 5.84. The third-order valence-electron chi connectivity index (χ3n) is 5.72. The van der Waals surface area contributed by atoms with Crippen molar-refractivity contribution in [1.82, 2.24) is 9.55 Å². The van der Waals surface area contributed by atoms with E-state index < -0.39 is 21.9 Å². The van der Waals surface area contributed by atoms with Crippen LogP contribution in [0, 0.1) is 13.8 Å². The maximum Gasteiger partial charge on any atom is 0.355 e. The van der Waals surface area contributed by atoms with Crippen LogP contribution in [0.25, 0.3) is 0 Å². The fourth-order valence-electron chi connectivity index (χ4n) is 4.01. The number of nitrogens with zero attached hydrogens (tertiary/aromatic N) is 2. The SMILES string of the molecule is CCOC(=O)c1c(C)c(C(=O)Nc2ccc(S(=O)(=O)Nc3nccs3)cc2)c(C)n1Cc1ccccc1. The minimum atomic E-state index is -3.81. The Balaban J connectivity index is 1.60. The second-order valence-corrected chi connectivity index (χ2v) is 10.7. The molecule has 192 valence electrons. The van der Waals surface area contributed by atoms with Crippen LogP contribution in [0.1, 0.15) is 44.6 Å². The predicted octanol–water partition coefficient (Wildman–Crippen LogP) is 4.84. The van der Waals surface area contributed by atoms with Gasteiger partial charge in [-0.2, -0.15) is 0 Å². The highest BCUT2D eigenvalue weighted by molar-refractivity contribution is 7.93. The number of esters is 1. The lowest BCUT2D eigenvalue weighted by Gasteiger charge is -2.12. The maximum absolute atomic E-state index is 13.3. The van der Waals surface area contributed by atoms with Gasteiger partial charge in [0.1, 0.15) is 5.69 Å². The first-order valence-electron chi connectivity index (χ1n) is 11.5. The Morgan fingerprint density at radius 2 is 1.76 bits per heavy atom. The molecular formula is C26H26N4O5S2. The van der Waals surface area contributed by atoms with Crippen LogP contribution in [-0.2, 0) is 21.3 Å². The molecule has 2 aromatic heterocycles. The number of ether oxygens (including phenoxy) is 1. The smallest absolute Gasteiger partial charge is 0.355 e. The summed E-state index contributed by atoms with van der Waals surface area (Å²) in [6.07, 6.45) is 1.51. The van der Waals surface area contributed by atoms with E-state index >= 15 is 0 Å². The Kier molecular flexibility index (Phi) is 7.74. The minimum Gasteiger partial charge on any atom is -0.461 e. The molecule has 0 aliphatic rings. The van der Waals surface area contributed by atoms with Gasteiger partial charge in [0.2, 0.25) is 0 Å². The summed E-state index contributed by atoms with van der Waals surface area (Å²) in [5.41, 5.74) is 3.20. The fraction of sp³-hybridized carbons (Fsp3) is 0.192. The van der Waals surface area contributed by atoms with Gasteiger partial charge in [0, 0.05) is 29.5 Å². The Bertz CT molecular complexity index is 1510. The van der Waals surface area contributed by atoms with Crippen molar-refractivity contribution in [2.24, 2.45) is 0 Å². The monoisotopic (exact) mass is 538 g/mol. The molecule has 11 heteroatoms. The largest absolute Gasteiger partial charge is 0.461 e. The van der Waals surface area contributed by atoms with E-state index in [1.54, 1.807) is 30.7 Å². The topological polar surface area (TPSA) is 119 Å². The predicted molar refractivity (Wildman–Crippen MR) is 143 cm³/mol. The molecule has 9 nitrogen and oxygen atoms in total. The van der Waals surface area contributed by atoms with Gasteiger partial charge in [0.05, 0.1) is 17.1 Å². The van der Waals surface area contributed by atoms with Crippen LogP contribution in [0.3, 0.4) is 0 Å². The molecule has 4 aromatic rings. The first kappa shape index (κ1) is 26.1. The van der Waals surface area contributed by atoms with Crippen molar-refractivity contribution in [1.29, 1.82) is 0 Å². The summed E-state index contributed by atoms with van der Waals surface area (Å²) in [5, 5.41) is 4.74. The number of aromatic nitrogens is 2. The third-order valence-corrected chi connectivity index (χ3v) is 7.90. The molecule has 0 aliphatic heterocycles. The number of thiazole rings is 1. The van der Waals surface area contributed by atoms with Crippen LogP contribution in [0.5, 0.6) is 0 Å². The molecule has 0 atom stereocenters. The second kappa shape index (κ2) is 11.0. The Morgan fingerprint density at radius 3 is 2.38 bits per heavy atom. The average molecular weight is 539 g/mol. The molecule has 2 N–H and O–H groups in total. The first-order chi connectivity index (χ1) is 17.7. The summed E-state index contributed by atoms with van der Waals surface area (Å²) in [4.78, 5) is 30.1. The molecule has 0 saturated carbocycles. The van der Waals surface area contributed by atoms with Gasteiger partial charge in [0.15, 0.2) is 5.13 Å². The van der Waals surface area contributed by atoms with Crippen LogP contribution < -0.4 is 10.0 Å². The van der Waals surface area contributed by atoms with E-state index in [1.807, 2.05) is 30.3 Å². The summed E-state index contributed by atoms with van der Waals surface area (Å²) >= 11 is 1.17. The molecule has 0 bridgehead atoms. The normalized spacial score (nSPS) is 11.2. The van der Waals surface area contributed by atoms with Gasteiger partial charge in [-0.05, 0) is 56.2 Å². The number of hydrogen-bond donors (Lipinski definition) is 2. The van der Waals surface area contributed by atoms with E-state index in [1.165, 1.54) is 41.8 Å². The van der Waals surface area contributed by atoms with E-state index in [0.717, 1.165) is 5.56 Å². The molecular weight excluding hydrogens is 512 g/mol. The van der Waals surface area contributed by atoms with Crippen LogP contribution in [-0.4, -0.2) is 36.5 Å². The number of carbonyl (C=O) groups excluding carboxylic acids is 2. The van der Waals surface area contributed by atoms with Crippen LogP contribution in [0.2, 0.25) is 0 Å². The highest BCUT2D eigenvalue weighted by Crippen LogP contribution is 2.26. The van der Waals surface area contributed by atoms with Crippen molar-refractivity contribution in [3.8, 4) is 0 Å². The molecule has 2 aromatic carbocycles. The lowest BCUT2D eigenvalue weighted by atomic mass is 10.1. The standard InChI is InChI=1S/C26H26N4O5S2/c1-4-35-25(32)23-17(2)22(18(3)30(23)16-19-8-6-5-7-9-19)24(31)28-20-10-12-21(13-11-20)37(33,34)29-26-27-14-15-36-26/h5-15H,4,16H2,1-3H3,(H,27,29)(H,28,31). The van der Waals surface area contributed by atoms with Crippen molar-refractivity contribution in [2.75, 3.05) is 16.6 Å². The van der Waals surface area contributed by atoms with Gasteiger partial charge >= 0.3 is 5.97 Å². The van der Waals surface area contributed by atoms with Gasteiger partial charge in [-0.3, -0.25) is 9.52 Å². The van der Waals surface area contributed by atoms with Crippen LogP contribution >= 0.6 is 11.3 Å². The van der Waals surface area contributed by atoms with Gasteiger partial charge in [-0.1, -0.05) is 30.3 Å². The molecule has 0 radical (unpaired) electrons. The Labute approximate surface area is 219 Å². The van der Waals surface area contributed by atoms with Gasteiger partial charge in [0.25, 0.3) is 15.9 Å². The highest BCUT2D eigenvalue weighted by atomic mass is 32.2. The summed E-state index contributed by atoms with van der Waals surface area (Å²) < 4.78 is 34.6. The van der Waals surface area contributed by atoms with Gasteiger partial charge in [-0.25, -0.2) is 18.2 Å². The zero-order chi connectivity index (χ0) is 26.6. The Morgan fingerprint density at radius 1 is 1.05 bits per heavy atom. The van der Waals surface area contributed by atoms with Crippen LogP contribution in [0.4, 0.5) is 10.8 Å². The van der Waals surface area contributed by atoms with Crippen molar-refractivity contribution in [3.05, 3.63) is 94.3 Å². The molecule has 0 fully saturated rings. The molecule has 0 unspecified atom stereocenters. The molecule has 0 spiro atoms. The quantitative estimate of drug-likeness (QED) is 0.294. The summed E-state index contributed by atoms with van der Waals surface area (Å²) in [7, 11) is -3.81. The molecule has 4 rings (SSSR count). The molecule has 0 aliphatic carbocycles. The highest BCUT2D eigenvalue weighted by Gasteiger charge is 2.27. The van der Waals surface area contributed by atoms with Gasteiger partial charge in [-0.15, -0.1) is 11.3 Å². The number of carbonyl (C=O) groups is 2. The lowest BCUT2D eigenvalue weighted by molar-refractivity contribution is 0.0513. The van der Waals surface area contributed by atoms with E-state index in [-0.39, 0.29) is 16.6 Å². The van der Waals surface area contributed by atoms with E-state index in [0.29, 0.717) is 34.7 Å². The van der Waals surface area contributed by atoms with E-state index in [2.05, 4.69) is 15.0 Å². The zero-order valence-corrected chi connectivity index (χ0v) is 22.2. The van der Waals surface area contributed by atoms with Crippen molar-refractivity contribution < 1.29 is 22.7 Å². The molecule has 2 heterocycles. The average Bonchev–Trinajstić information content (AvgIpc) is 3.45. The van der Waals surface area contributed by atoms with Crippen LogP contribution in [0.15, 0.2) is 71.1 Å². The maximum atomic E-state index is 13.3. The van der Waals surface area contributed by atoms with Crippen molar-refractivity contribution in [2.45, 2.75) is 32.2 Å². The summed E-state index contributed by atoms with van der Waals surface area (Å²) in [6, 6.07) is 15.4. The Hall–Kier alpha value is -3.96. The van der Waals surface area contributed by atoms with E-state index in [4.69, 9.17) is 4.74 Å². The van der Waals surface area contributed by atoms with Gasteiger partial charge < -0.3 is 14.6 Å². The number of sulfonamides is 1. The molecule has 37 heavy (non-hydrogen) atoms. The summed E-state index contributed by atoms with van der Waals surface area (Å²) in [5.74, 6) is -0.913. The fourth-order valence-corrected chi connectivity index (χ4v) is 5.80. The molecule has 1 amide bonds. The first-order valence-corrected chi connectivity index (χ1v) is 13.8. The lowest BCUT2D eigenvalue weighted by Crippen LogP contribution is -2.15. The van der Waals surface area contributed by atoms with Crippen molar-refractivity contribution in [3.63, 3.8) is 0 Å². The van der Waals surface area contributed by atoms with E-state index in [9.17, 15) is 18.0 Å². The number of amides is 1. The zero-order valence-electron chi connectivity index (χ0n) is 20.5.